The first-order valence-corrected chi connectivity index (χ1v) is 7.31. The van der Waals surface area contributed by atoms with Gasteiger partial charge in [0.25, 0.3) is 5.91 Å². The van der Waals surface area contributed by atoms with Gasteiger partial charge in [0, 0.05) is 18.4 Å². The van der Waals surface area contributed by atoms with E-state index in [-0.39, 0.29) is 23.1 Å². The lowest BCUT2D eigenvalue weighted by Crippen LogP contribution is -2.14. The van der Waals surface area contributed by atoms with Crippen molar-refractivity contribution in [2.45, 2.75) is 0 Å². The molecule has 2 aromatic rings. The van der Waals surface area contributed by atoms with Gasteiger partial charge in [-0.2, -0.15) is 0 Å². The van der Waals surface area contributed by atoms with Crippen LogP contribution in [0.2, 0.25) is 5.02 Å². The van der Waals surface area contributed by atoms with Crippen molar-refractivity contribution in [1.29, 1.82) is 0 Å². The highest BCUT2D eigenvalue weighted by Crippen LogP contribution is 2.22. The Hall–Kier alpha value is -2.37. The second-order valence-corrected chi connectivity index (χ2v) is 5.05. The highest BCUT2D eigenvalue weighted by molar-refractivity contribution is 6.33. The topological polar surface area (TPSA) is 64.6 Å². The van der Waals surface area contributed by atoms with Crippen LogP contribution >= 0.6 is 11.6 Å². The van der Waals surface area contributed by atoms with Crippen molar-refractivity contribution in [3.8, 4) is 0 Å². The van der Waals surface area contributed by atoms with Crippen LogP contribution in [0.1, 0.15) is 20.7 Å². The Balaban J connectivity index is 2.10. The number of carbonyl (C=O) groups excluding carboxylic acids is 2. The minimum atomic E-state index is -0.567. The SMILES string of the molecule is COCCOC(=O)c1cc(NC(=O)c2ccccc2)ccc1Cl. The fourth-order valence-electron chi connectivity index (χ4n) is 1.85. The largest absolute Gasteiger partial charge is 0.460 e. The molecule has 23 heavy (non-hydrogen) atoms. The number of halogens is 1. The second-order valence-electron chi connectivity index (χ2n) is 4.64. The molecule has 1 amide bonds. The summed E-state index contributed by atoms with van der Waals surface area (Å²) in [4.78, 5) is 24.1. The van der Waals surface area contributed by atoms with Crippen molar-refractivity contribution in [2.75, 3.05) is 25.6 Å². The average molecular weight is 334 g/mol. The summed E-state index contributed by atoms with van der Waals surface area (Å²) in [5.74, 6) is -0.838. The Kier molecular flexibility index (Phi) is 6.14. The number of amides is 1. The molecule has 0 aliphatic carbocycles. The number of hydrogen-bond donors (Lipinski definition) is 1. The van der Waals surface area contributed by atoms with Gasteiger partial charge in [-0.15, -0.1) is 0 Å². The van der Waals surface area contributed by atoms with Crippen LogP contribution in [0.4, 0.5) is 5.69 Å². The van der Waals surface area contributed by atoms with Gasteiger partial charge in [-0.05, 0) is 30.3 Å². The third-order valence-electron chi connectivity index (χ3n) is 3.00. The van der Waals surface area contributed by atoms with Gasteiger partial charge in [-0.1, -0.05) is 29.8 Å². The fourth-order valence-corrected chi connectivity index (χ4v) is 2.04. The molecular weight excluding hydrogens is 318 g/mol. The van der Waals surface area contributed by atoms with Crippen LogP contribution in [-0.4, -0.2) is 32.2 Å². The van der Waals surface area contributed by atoms with E-state index < -0.39 is 5.97 Å². The van der Waals surface area contributed by atoms with Crippen LogP contribution < -0.4 is 5.32 Å². The second kappa shape index (κ2) is 8.31. The molecule has 0 aliphatic rings. The van der Waals surface area contributed by atoms with Crippen molar-refractivity contribution in [1.82, 2.24) is 0 Å². The van der Waals surface area contributed by atoms with Crippen molar-refractivity contribution >= 4 is 29.2 Å². The number of benzene rings is 2. The molecule has 0 saturated carbocycles. The Labute approximate surface area is 139 Å². The minimum Gasteiger partial charge on any atom is -0.460 e. The van der Waals surface area contributed by atoms with E-state index in [1.165, 1.54) is 19.2 Å². The standard InChI is InChI=1S/C17H16ClNO4/c1-22-9-10-23-17(21)14-11-13(7-8-15(14)18)19-16(20)12-5-3-2-4-6-12/h2-8,11H,9-10H2,1H3,(H,19,20). The number of rotatable bonds is 6. The van der Waals surface area contributed by atoms with Crippen LogP contribution in [0, 0.1) is 0 Å². The summed E-state index contributed by atoms with van der Waals surface area (Å²) in [6.45, 7) is 0.431. The first-order valence-electron chi connectivity index (χ1n) is 6.94. The molecule has 0 bridgehead atoms. The Morgan fingerprint density at radius 3 is 2.52 bits per heavy atom. The van der Waals surface area contributed by atoms with Crippen molar-refractivity contribution < 1.29 is 19.1 Å². The number of hydrogen-bond acceptors (Lipinski definition) is 4. The minimum absolute atomic E-state index is 0.131. The van der Waals surface area contributed by atoms with Crippen molar-refractivity contribution in [2.24, 2.45) is 0 Å². The maximum absolute atomic E-state index is 12.1. The summed E-state index contributed by atoms with van der Waals surface area (Å²) >= 11 is 6.01. The lowest BCUT2D eigenvalue weighted by molar-refractivity contribution is 0.0388. The molecule has 120 valence electrons. The zero-order valence-corrected chi connectivity index (χ0v) is 13.3. The summed E-state index contributed by atoms with van der Waals surface area (Å²) in [6, 6.07) is 13.4. The Bertz CT molecular complexity index is 688. The van der Waals surface area contributed by atoms with Crippen LogP contribution in [0.3, 0.4) is 0 Å². The summed E-state index contributed by atoms with van der Waals surface area (Å²) in [5.41, 5.74) is 1.17. The molecule has 5 nitrogen and oxygen atoms in total. The molecule has 0 fully saturated rings. The van der Waals surface area contributed by atoms with Gasteiger partial charge in [0.1, 0.15) is 6.61 Å². The Morgan fingerprint density at radius 2 is 1.83 bits per heavy atom. The van der Waals surface area contributed by atoms with E-state index in [0.717, 1.165) is 0 Å². The molecule has 0 saturated heterocycles. The maximum atomic E-state index is 12.1. The lowest BCUT2D eigenvalue weighted by Gasteiger charge is -2.09. The molecule has 0 aromatic heterocycles. The number of esters is 1. The normalized spacial score (nSPS) is 10.2. The molecule has 0 heterocycles. The zero-order valence-electron chi connectivity index (χ0n) is 12.5. The molecule has 6 heteroatoms. The number of nitrogens with one attached hydrogen (secondary N) is 1. The van der Waals surface area contributed by atoms with E-state index in [4.69, 9.17) is 21.1 Å². The first kappa shape index (κ1) is 17.0. The maximum Gasteiger partial charge on any atom is 0.339 e. The summed E-state index contributed by atoms with van der Waals surface area (Å²) in [5, 5.41) is 2.97. The number of carbonyl (C=O) groups is 2. The summed E-state index contributed by atoms with van der Waals surface area (Å²) < 4.78 is 9.85. The molecule has 0 atom stereocenters. The van der Waals surface area contributed by atoms with Crippen molar-refractivity contribution in [3.05, 3.63) is 64.7 Å². The van der Waals surface area contributed by atoms with E-state index in [2.05, 4.69) is 5.32 Å². The first-order chi connectivity index (χ1) is 11.1. The van der Waals surface area contributed by atoms with E-state index in [9.17, 15) is 9.59 Å². The van der Waals surface area contributed by atoms with Gasteiger partial charge in [0.05, 0.1) is 17.2 Å². The summed E-state index contributed by atoms with van der Waals surface area (Å²) in [6.07, 6.45) is 0. The van der Waals surface area contributed by atoms with E-state index >= 15 is 0 Å². The molecule has 1 N–H and O–H groups in total. The van der Waals surface area contributed by atoms with Crippen LogP contribution in [0.25, 0.3) is 0 Å². The van der Waals surface area contributed by atoms with E-state index in [1.807, 2.05) is 6.07 Å². The Morgan fingerprint density at radius 1 is 1.09 bits per heavy atom. The van der Waals surface area contributed by atoms with Crippen LogP contribution in [-0.2, 0) is 9.47 Å². The highest BCUT2D eigenvalue weighted by Gasteiger charge is 2.14. The predicted octanol–water partition coefficient (Wildman–Crippen LogP) is 3.40. The summed E-state index contributed by atoms with van der Waals surface area (Å²) in [7, 11) is 1.51. The zero-order chi connectivity index (χ0) is 16.7. The smallest absolute Gasteiger partial charge is 0.339 e. The molecule has 2 aromatic carbocycles. The number of anilines is 1. The van der Waals surface area contributed by atoms with E-state index in [1.54, 1.807) is 30.3 Å². The molecule has 0 spiro atoms. The highest BCUT2D eigenvalue weighted by atomic mass is 35.5. The molecule has 0 aliphatic heterocycles. The lowest BCUT2D eigenvalue weighted by atomic mass is 10.1. The van der Waals surface area contributed by atoms with Crippen LogP contribution in [0.5, 0.6) is 0 Å². The fraction of sp³-hybridized carbons (Fsp3) is 0.176. The van der Waals surface area contributed by atoms with Gasteiger partial charge in [0.2, 0.25) is 0 Å². The predicted molar refractivity (Wildman–Crippen MR) is 88.0 cm³/mol. The third kappa shape index (κ3) is 4.81. The molecular formula is C17H16ClNO4. The molecule has 2 rings (SSSR count). The number of methoxy groups -OCH3 is 1. The third-order valence-corrected chi connectivity index (χ3v) is 3.33. The van der Waals surface area contributed by atoms with Gasteiger partial charge in [0.15, 0.2) is 0 Å². The van der Waals surface area contributed by atoms with Crippen LogP contribution in [0.15, 0.2) is 48.5 Å². The van der Waals surface area contributed by atoms with Gasteiger partial charge in [-0.3, -0.25) is 4.79 Å². The van der Waals surface area contributed by atoms with Gasteiger partial charge < -0.3 is 14.8 Å². The van der Waals surface area contributed by atoms with E-state index in [0.29, 0.717) is 17.9 Å². The number of ether oxygens (including phenoxy) is 2. The quantitative estimate of drug-likeness (QED) is 0.650. The average Bonchev–Trinajstić information content (AvgIpc) is 2.57. The van der Waals surface area contributed by atoms with Gasteiger partial charge >= 0.3 is 5.97 Å². The van der Waals surface area contributed by atoms with Crippen molar-refractivity contribution in [3.63, 3.8) is 0 Å². The monoisotopic (exact) mass is 333 g/mol. The molecule has 0 unspecified atom stereocenters. The van der Waals surface area contributed by atoms with Gasteiger partial charge in [-0.25, -0.2) is 4.79 Å². The molecule has 0 radical (unpaired) electrons.